The fourth-order valence-electron chi connectivity index (χ4n) is 4.16. The highest BCUT2D eigenvalue weighted by atomic mass is 16.5. The van der Waals surface area contributed by atoms with Crippen molar-refractivity contribution in [1.82, 2.24) is 24.4 Å². The first-order valence-electron chi connectivity index (χ1n) is 11.4. The maximum Gasteiger partial charge on any atom is 0.291 e. The number of aromatic hydroxyl groups is 1. The minimum Gasteiger partial charge on any atom is -0.494 e. The molecule has 1 saturated carbocycles. The second-order valence-corrected chi connectivity index (χ2v) is 9.25. The predicted octanol–water partition coefficient (Wildman–Crippen LogP) is 1.32. The number of aryl methyl sites for hydroxylation is 1. The van der Waals surface area contributed by atoms with Crippen LogP contribution in [0.3, 0.4) is 0 Å². The van der Waals surface area contributed by atoms with Crippen molar-refractivity contribution in [3.8, 4) is 5.88 Å². The van der Waals surface area contributed by atoms with Crippen molar-refractivity contribution in [2.45, 2.75) is 58.7 Å². The summed E-state index contributed by atoms with van der Waals surface area (Å²) < 4.78 is 8.02. The fraction of sp³-hybridized carbons (Fsp3) is 0.565. The monoisotopic (exact) mass is 457 g/mol. The first-order chi connectivity index (χ1) is 15.7. The van der Waals surface area contributed by atoms with E-state index < -0.39 is 11.5 Å². The number of ether oxygens (including phenoxy) is 1. The molecule has 2 aliphatic rings. The number of rotatable bonds is 7. The normalized spacial score (nSPS) is 18.7. The Labute approximate surface area is 191 Å². The molecule has 10 nitrogen and oxygen atoms in total. The SMILES string of the molecule is CO[C@@H]1CCN(C(=O)/C=C/c2c(C)nn3c(=O)c(C(=O)NC4CC4)c(O)n(CC(C)C)c23)C1. The molecule has 0 aromatic carbocycles. The molecule has 3 heterocycles. The van der Waals surface area contributed by atoms with E-state index in [2.05, 4.69) is 10.4 Å². The maximum atomic E-state index is 13.2. The summed E-state index contributed by atoms with van der Waals surface area (Å²) in [4.78, 5) is 40.3. The van der Waals surface area contributed by atoms with Crippen LogP contribution in [0.2, 0.25) is 0 Å². The zero-order valence-electron chi connectivity index (χ0n) is 19.5. The van der Waals surface area contributed by atoms with Gasteiger partial charge in [-0.25, -0.2) is 0 Å². The van der Waals surface area contributed by atoms with Crippen LogP contribution in [0.15, 0.2) is 10.9 Å². The highest BCUT2D eigenvalue weighted by Gasteiger charge is 2.30. The number of nitrogens with zero attached hydrogens (tertiary/aromatic N) is 4. The van der Waals surface area contributed by atoms with Crippen molar-refractivity contribution < 1.29 is 19.4 Å². The summed E-state index contributed by atoms with van der Waals surface area (Å²) in [5, 5.41) is 18.1. The van der Waals surface area contributed by atoms with E-state index in [1.54, 1.807) is 25.0 Å². The average Bonchev–Trinajstić information content (AvgIpc) is 3.32. The topological polar surface area (TPSA) is 118 Å². The molecule has 2 aromatic rings. The van der Waals surface area contributed by atoms with Crippen molar-refractivity contribution >= 4 is 23.5 Å². The molecule has 2 aromatic heterocycles. The molecule has 2 N–H and O–H groups in total. The van der Waals surface area contributed by atoms with E-state index in [1.165, 1.54) is 10.6 Å². The van der Waals surface area contributed by atoms with Crippen LogP contribution in [0.5, 0.6) is 5.88 Å². The van der Waals surface area contributed by atoms with Gasteiger partial charge in [0.1, 0.15) is 5.65 Å². The van der Waals surface area contributed by atoms with Gasteiger partial charge >= 0.3 is 0 Å². The van der Waals surface area contributed by atoms with Gasteiger partial charge in [-0.2, -0.15) is 9.61 Å². The first-order valence-corrected chi connectivity index (χ1v) is 11.4. The number of carbonyl (C=O) groups is 2. The number of aromatic nitrogens is 3. The summed E-state index contributed by atoms with van der Waals surface area (Å²) in [5.74, 6) is -1.02. The number of carbonyl (C=O) groups excluding carboxylic acids is 2. The summed E-state index contributed by atoms with van der Waals surface area (Å²) >= 11 is 0. The summed E-state index contributed by atoms with van der Waals surface area (Å²) in [6, 6.07) is 0.0395. The van der Waals surface area contributed by atoms with Gasteiger partial charge in [0.25, 0.3) is 11.5 Å². The lowest BCUT2D eigenvalue weighted by molar-refractivity contribution is -0.125. The number of amides is 2. The summed E-state index contributed by atoms with van der Waals surface area (Å²) in [6.45, 7) is 7.19. The molecule has 1 aliphatic heterocycles. The molecular formula is C23H31N5O5. The van der Waals surface area contributed by atoms with Crippen molar-refractivity contribution in [3.05, 3.63) is 33.3 Å². The lowest BCUT2D eigenvalue weighted by Gasteiger charge is -2.17. The van der Waals surface area contributed by atoms with Gasteiger partial charge in [0.05, 0.1) is 11.8 Å². The highest BCUT2D eigenvalue weighted by Crippen LogP contribution is 2.26. The Morgan fingerprint density at radius 2 is 2.03 bits per heavy atom. The number of hydrogen-bond acceptors (Lipinski definition) is 6. The van der Waals surface area contributed by atoms with E-state index in [0.29, 0.717) is 36.5 Å². The van der Waals surface area contributed by atoms with Crippen molar-refractivity contribution in [1.29, 1.82) is 0 Å². The van der Waals surface area contributed by atoms with Gasteiger partial charge in [0, 0.05) is 44.4 Å². The smallest absolute Gasteiger partial charge is 0.291 e. The molecule has 33 heavy (non-hydrogen) atoms. The van der Waals surface area contributed by atoms with Gasteiger partial charge in [-0.1, -0.05) is 13.8 Å². The lowest BCUT2D eigenvalue weighted by atomic mass is 10.1. The Morgan fingerprint density at radius 1 is 1.30 bits per heavy atom. The minimum atomic E-state index is -0.683. The molecule has 10 heteroatoms. The minimum absolute atomic E-state index is 0.0365. The number of likely N-dealkylation sites (tertiary alicyclic amines) is 1. The van der Waals surface area contributed by atoms with Gasteiger partial charge in [0.2, 0.25) is 11.8 Å². The maximum absolute atomic E-state index is 13.2. The van der Waals surface area contributed by atoms with Crippen LogP contribution in [0.25, 0.3) is 11.7 Å². The zero-order valence-corrected chi connectivity index (χ0v) is 19.5. The van der Waals surface area contributed by atoms with Gasteiger partial charge in [-0.05, 0) is 38.2 Å². The lowest BCUT2D eigenvalue weighted by Crippen LogP contribution is -2.34. The second-order valence-electron chi connectivity index (χ2n) is 9.25. The van der Waals surface area contributed by atoms with Crippen molar-refractivity contribution in [3.63, 3.8) is 0 Å². The number of fused-ring (bicyclic) bond motifs is 1. The van der Waals surface area contributed by atoms with Gasteiger partial charge in [0.15, 0.2) is 5.56 Å². The van der Waals surface area contributed by atoms with Gasteiger partial charge in [-0.15, -0.1) is 0 Å². The van der Waals surface area contributed by atoms with Crippen LogP contribution in [0, 0.1) is 12.8 Å². The van der Waals surface area contributed by atoms with Crippen LogP contribution >= 0.6 is 0 Å². The molecular weight excluding hydrogens is 426 g/mol. The molecule has 0 spiro atoms. The quantitative estimate of drug-likeness (QED) is 0.606. The predicted molar refractivity (Wildman–Crippen MR) is 122 cm³/mol. The summed E-state index contributed by atoms with van der Waals surface area (Å²) in [7, 11) is 1.64. The van der Waals surface area contributed by atoms with E-state index >= 15 is 0 Å². The molecule has 1 atom stereocenters. The average molecular weight is 458 g/mol. The van der Waals surface area contributed by atoms with Crippen LogP contribution in [-0.2, 0) is 16.1 Å². The Kier molecular flexibility index (Phi) is 6.29. The van der Waals surface area contributed by atoms with E-state index in [0.717, 1.165) is 23.8 Å². The van der Waals surface area contributed by atoms with Crippen LogP contribution in [0.4, 0.5) is 0 Å². The van der Waals surface area contributed by atoms with Crippen LogP contribution < -0.4 is 10.9 Å². The molecule has 0 bridgehead atoms. The highest BCUT2D eigenvalue weighted by molar-refractivity contribution is 5.97. The molecule has 178 valence electrons. The van der Waals surface area contributed by atoms with E-state index in [-0.39, 0.29) is 35.4 Å². The third kappa shape index (κ3) is 4.52. The Bertz CT molecular complexity index is 1170. The molecule has 2 fully saturated rings. The van der Waals surface area contributed by atoms with Crippen LogP contribution in [-0.4, -0.2) is 68.3 Å². The third-order valence-corrected chi connectivity index (χ3v) is 6.09. The summed E-state index contributed by atoms with van der Waals surface area (Å²) in [6.07, 6.45) is 5.63. The second kappa shape index (κ2) is 9.01. The summed E-state index contributed by atoms with van der Waals surface area (Å²) in [5.41, 5.74) is 0.424. The van der Waals surface area contributed by atoms with Crippen molar-refractivity contribution in [2.24, 2.45) is 5.92 Å². The van der Waals surface area contributed by atoms with E-state index in [1.807, 2.05) is 13.8 Å². The first kappa shape index (κ1) is 23.0. The molecule has 4 rings (SSSR count). The molecule has 1 aliphatic carbocycles. The molecule has 2 amide bonds. The zero-order chi connectivity index (χ0) is 23.9. The largest absolute Gasteiger partial charge is 0.494 e. The molecule has 0 radical (unpaired) electrons. The standard InChI is InChI=1S/C23H31N5O5/c1-13(2)11-27-21-17(7-8-18(29)26-10-9-16(12-26)33-4)14(3)25-28(21)23(32)19(22(27)31)20(30)24-15-5-6-15/h7-8,13,15-16,31H,5-6,9-12H2,1-4H3,(H,24,30)/b8-7+/t16-/m1/s1. The fourth-order valence-corrected chi connectivity index (χ4v) is 4.16. The van der Waals surface area contributed by atoms with E-state index in [4.69, 9.17) is 4.74 Å². The molecule has 1 saturated heterocycles. The third-order valence-electron chi connectivity index (χ3n) is 6.09. The number of hydrogen-bond donors (Lipinski definition) is 2. The number of nitrogens with one attached hydrogen (secondary N) is 1. The van der Waals surface area contributed by atoms with Crippen LogP contribution in [0.1, 0.15) is 54.7 Å². The Balaban J connectivity index is 1.77. The van der Waals surface area contributed by atoms with Gasteiger partial charge in [-0.3, -0.25) is 19.0 Å². The Morgan fingerprint density at radius 3 is 2.64 bits per heavy atom. The molecule has 0 unspecified atom stereocenters. The van der Waals surface area contributed by atoms with Gasteiger partial charge < -0.3 is 20.1 Å². The Hall–Kier alpha value is -3.14. The van der Waals surface area contributed by atoms with Crippen molar-refractivity contribution in [2.75, 3.05) is 20.2 Å². The van der Waals surface area contributed by atoms with E-state index in [9.17, 15) is 19.5 Å². The number of methoxy groups -OCH3 is 1.